The van der Waals surface area contributed by atoms with Crippen LogP contribution in [0.4, 0.5) is 10.1 Å². The average molecular weight is 463 g/mol. The standard InChI is InChI=1S/C28H35FN4O/c1-7-19-15-21-26(24(29)25(19)32-12-10-31(11-13-32)16(2)3)33(17(4)5)28-23(27(21)34)20-9-8-18(6)14-22(20)30-28/h8-9,14-17,30H,7,10-13H2,1-6H3. The first-order valence-electron chi connectivity index (χ1n) is 12.5. The fourth-order valence-corrected chi connectivity index (χ4v) is 5.63. The topological polar surface area (TPSA) is 44.3 Å². The van der Waals surface area contributed by atoms with Gasteiger partial charge in [-0.3, -0.25) is 9.69 Å². The highest BCUT2D eigenvalue weighted by Gasteiger charge is 2.28. The number of H-pyrrole nitrogens is 1. The molecule has 1 aliphatic heterocycles. The van der Waals surface area contributed by atoms with Crippen LogP contribution in [0.2, 0.25) is 0 Å². The molecule has 2 aromatic carbocycles. The Balaban J connectivity index is 1.83. The number of halogens is 1. The number of aromatic amines is 1. The van der Waals surface area contributed by atoms with Gasteiger partial charge >= 0.3 is 0 Å². The number of hydrogen-bond acceptors (Lipinski definition) is 3. The van der Waals surface area contributed by atoms with Crippen molar-refractivity contribution in [3.8, 4) is 0 Å². The molecule has 5 nitrogen and oxygen atoms in total. The summed E-state index contributed by atoms with van der Waals surface area (Å²) in [5.74, 6) is -0.269. The van der Waals surface area contributed by atoms with Crippen molar-refractivity contribution in [3.63, 3.8) is 0 Å². The van der Waals surface area contributed by atoms with E-state index in [1.54, 1.807) is 0 Å². The molecule has 5 rings (SSSR count). The Labute approximate surface area is 200 Å². The van der Waals surface area contributed by atoms with Gasteiger partial charge in [-0.15, -0.1) is 0 Å². The number of benzene rings is 2. The maximum atomic E-state index is 16.6. The molecule has 180 valence electrons. The summed E-state index contributed by atoms with van der Waals surface area (Å²) in [5.41, 5.74) is 4.62. The van der Waals surface area contributed by atoms with Gasteiger partial charge in [-0.25, -0.2) is 4.39 Å². The van der Waals surface area contributed by atoms with Crippen LogP contribution >= 0.6 is 0 Å². The third kappa shape index (κ3) is 3.42. The number of nitrogens with one attached hydrogen (secondary N) is 1. The van der Waals surface area contributed by atoms with Crippen LogP contribution in [0.15, 0.2) is 29.1 Å². The summed E-state index contributed by atoms with van der Waals surface area (Å²) in [5, 5.41) is 2.02. The largest absolute Gasteiger partial charge is 0.366 e. The lowest BCUT2D eigenvalue weighted by Gasteiger charge is -2.39. The number of anilines is 1. The van der Waals surface area contributed by atoms with Crippen molar-refractivity contribution in [1.29, 1.82) is 0 Å². The average Bonchev–Trinajstić information content (AvgIpc) is 3.17. The Morgan fingerprint density at radius 2 is 1.71 bits per heavy atom. The van der Waals surface area contributed by atoms with E-state index in [0.717, 1.165) is 48.2 Å². The van der Waals surface area contributed by atoms with Crippen LogP contribution in [-0.2, 0) is 6.42 Å². The van der Waals surface area contributed by atoms with Crippen molar-refractivity contribution in [2.24, 2.45) is 0 Å². The fourth-order valence-electron chi connectivity index (χ4n) is 5.63. The van der Waals surface area contributed by atoms with Gasteiger partial charge in [-0.05, 0) is 64.3 Å². The monoisotopic (exact) mass is 462 g/mol. The van der Waals surface area contributed by atoms with Crippen molar-refractivity contribution < 1.29 is 4.39 Å². The molecule has 34 heavy (non-hydrogen) atoms. The van der Waals surface area contributed by atoms with Crippen LogP contribution in [0.1, 0.15) is 51.8 Å². The maximum absolute atomic E-state index is 16.6. The Morgan fingerprint density at radius 3 is 2.32 bits per heavy atom. The van der Waals surface area contributed by atoms with E-state index in [1.807, 2.05) is 50.5 Å². The summed E-state index contributed by atoms with van der Waals surface area (Å²) in [6.07, 6.45) is 0.679. The van der Waals surface area contributed by atoms with Gasteiger partial charge in [0.25, 0.3) is 0 Å². The zero-order valence-electron chi connectivity index (χ0n) is 21.1. The number of hydrogen-bond donors (Lipinski definition) is 1. The third-order valence-electron chi connectivity index (χ3n) is 7.44. The quantitative estimate of drug-likeness (QED) is 0.420. The Kier molecular flexibility index (Phi) is 5.67. The highest BCUT2D eigenvalue weighted by atomic mass is 19.1. The first-order valence-corrected chi connectivity index (χ1v) is 12.5. The minimum atomic E-state index is -0.269. The summed E-state index contributed by atoms with van der Waals surface area (Å²) < 4.78 is 18.6. The van der Waals surface area contributed by atoms with E-state index < -0.39 is 0 Å². The molecule has 0 unspecified atom stereocenters. The van der Waals surface area contributed by atoms with Gasteiger partial charge in [0.05, 0.1) is 16.6 Å². The molecule has 0 amide bonds. The van der Waals surface area contributed by atoms with E-state index in [-0.39, 0.29) is 17.3 Å². The Bertz CT molecular complexity index is 1460. The van der Waals surface area contributed by atoms with E-state index in [4.69, 9.17) is 0 Å². The lowest BCUT2D eigenvalue weighted by molar-refractivity contribution is 0.209. The second-order valence-corrected chi connectivity index (χ2v) is 10.3. The Morgan fingerprint density at radius 1 is 1.00 bits per heavy atom. The molecule has 4 aromatic rings. The summed E-state index contributed by atoms with van der Waals surface area (Å²) in [6, 6.07) is 8.50. The van der Waals surface area contributed by atoms with Gasteiger partial charge in [0.15, 0.2) is 11.2 Å². The number of aromatic nitrogens is 2. The SMILES string of the molecule is CCc1cc2c(=O)c3c4ccc(C)cc4[nH]c3n(C(C)C)c2c(F)c1N1CCN(C(C)C)CC1. The molecule has 0 spiro atoms. The number of nitrogens with zero attached hydrogens (tertiary/aromatic N) is 3. The summed E-state index contributed by atoms with van der Waals surface area (Å²) in [6.45, 7) is 16.0. The Hall–Kier alpha value is -2.86. The second kappa shape index (κ2) is 8.42. The lowest BCUT2D eigenvalue weighted by atomic mass is 10.0. The summed E-state index contributed by atoms with van der Waals surface area (Å²) in [7, 11) is 0. The van der Waals surface area contributed by atoms with Crippen LogP contribution in [0.5, 0.6) is 0 Å². The minimum absolute atomic E-state index is 0.0209. The first-order chi connectivity index (χ1) is 16.2. The van der Waals surface area contributed by atoms with E-state index in [2.05, 4.69) is 34.7 Å². The van der Waals surface area contributed by atoms with Gasteiger partial charge in [0, 0.05) is 54.6 Å². The zero-order valence-corrected chi connectivity index (χ0v) is 21.1. The molecular weight excluding hydrogens is 427 g/mol. The summed E-state index contributed by atoms with van der Waals surface area (Å²) >= 11 is 0. The van der Waals surface area contributed by atoms with Crippen LogP contribution in [-0.4, -0.2) is 46.7 Å². The van der Waals surface area contributed by atoms with Crippen molar-refractivity contribution in [2.45, 2.75) is 60.0 Å². The zero-order chi connectivity index (χ0) is 24.3. The van der Waals surface area contributed by atoms with Crippen LogP contribution in [0, 0.1) is 12.7 Å². The van der Waals surface area contributed by atoms with E-state index in [9.17, 15) is 4.79 Å². The minimum Gasteiger partial charge on any atom is -0.366 e. The third-order valence-corrected chi connectivity index (χ3v) is 7.44. The molecule has 3 heterocycles. The maximum Gasteiger partial charge on any atom is 0.199 e. The normalized spacial score (nSPS) is 15.6. The molecule has 6 heteroatoms. The van der Waals surface area contributed by atoms with E-state index in [1.165, 1.54) is 0 Å². The first kappa shape index (κ1) is 22.9. The van der Waals surface area contributed by atoms with Gasteiger partial charge in [0.2, 0.25) is 0 Å². The van der Waals surface area contributed by atoms with Crippen molar-refractivity contribution in [2.75, 3.05) is 31.1 Å². The fraction of sp³-hybridized carbons (Fsp3) is 0.464. The predicted molar refractivity (Wildman–Crippen MR) is 141 cm³/mol. The molecule has 0 atom stereocenters. The molecule has 1 fully saturated rings. The van der Waals surface area contributed by atoms with E-state index >= 15 is 4.39 Å². The molecule has 1 saturated heterocycles. The van der Waals surface area contributed by atoms with Gasteiger partial charge in [-0.1, -0.05) is 19.1 Å². The molecule has 1 aliphatic rings. The second-order valence-electron chi connectivity index (χ2n) is 10.3. The molecule has 0 saturated carbocycles. The highest BCUT2D eigenvalue weighted by Crippen LogP contribution is 2.36. The number of piperazine rings is 1. The van der Waals surface area contributed by atoms with Gasteiger partial charge in [-0.2, -0.15) is 0 Å². The molecule has 0 aliphatic carbocycles. The van der Waals surface area contributed by atoms with E-state index in [0.29, 0.717) is 40.1 Å². The van der Waals surface area contributed by atoms with Gasteiger partial charge in [0.1, 0.15) is 5.65 Å². The van der Waals surface area contributed by atoms with Crippen molar-refractivity contribution in [3.05, 3.63) is 51.4 Å². The van der Waals surface area contributed by atoms with Crippen LogP contribution in [0.25, 0.3) is 32.8 Å². The number of rotatable bonds is 4. The van der Waals surface area contributed by atoms with Crippen molar-refractivity contribution in [1.82, 2.24) is 14.5 Å². The predicted octanol–water partition coefficient (Wildman–Crippen LogP) is 5.76. The molecular formula is C28H35FN4O. The number of fused-ring (bicyclic) bond motifs is 4. The van der Waals surface area contributed by atoms with Crippen LogP contribution in [0.3, 0.4) is 0 Å². The number of aryl methyl sites for hydroxylation is 2. The summed E-state index contributed by atoms with van der Waals surface area (Å²) in [4.78, 5) is 21.9. The molecule has 0 radical (unpaired) electrons. The van der Waals surface area contributed by atoms with Crippen molar-refractivity contribution >= 4 is 38.5 Å². The van der Waals surface area contributed by atoms with Gasteiger partial charge < -0.3 is 14.5 Å². The smallest absolute Gasteiger partial charge is 0.199 e. The molecule has 1 N–H and O–H groups in total. The number of pyridine rings is 1. The lowest BCUT2D eigenvalue weighted by Crippen LogP contribution is -2.49. The molecule has 2 aromatic heterocycles. The highest BCUT2D eigenvalue weighted by molar-refractivity contribution is 6.10. The van der Waals surface area contributed by atoms with Crippen LogP contribution < -0.4 is 10.3 Å². The molecule has 0 bridgehead atoms.